The third kappa shape index (κ3) is 3.49. The van der Waals surface area contributed by atoms with E-state index in [0.717, 1.165) is 5.06 Å². The van der Waals surface area contributed by atoms with E-state index in [1.54, 1.807) is 24.5 Å². The number of carbonyl (C=O) groups is 2. The molecule has 0 aromatic carbocycles. The molecule has 0 saturated carbocycles. The molecule has 1 aromatic rings. The number of amides is 1. The minimum absolute atomic E-state index is 0.0577. The van der Waals surface area contributed by atoms with E-state index in [-0.39, 0.29) is 11.4 Å². The normalized spacial score (nSPS) is 11.1. The van der Waals surface area contributed by atoms with Crippen molar-refractivity contribution in [3.8, 4) is 0 Å². The lowest BCUT2D eigenvalue weighted by Crippen LogP contribution is -2.29. The van der Waals surface area contributed by atoms with Crippen molar-refractivity contribution in [2.24, 2.45) is 0 Å². The summed E-state index contributed by atoms with van der Waals surface area (Å²) in [5.74, 6) is -0.799. The SMILES string of the molecule is CON(C)C(=O)/C(=C\c1cccnc1)C(C)=O. The van der Waals surface area contributed by atoms with Gasteiger partial charge in [0.05, 0.1) is 12.7 Å². The second-order valence-corrected chi connectivity index (χ2v) is 3.39. The molecule has 1 amide bonds. The number of nitrogens with zero attached hydrogens (tertiary/aromatic N) is 2. The first-order valence-corrected chi connectivity index (χ1v) is 5.01. The third-order valence-corrected chi connectivity index (χ3v) is 2.16. The first-order chi connectivity index (χ1) is 8.06. The number of rotatable bonds is 4. The smallest absolute Gasteiger partial charge is 0.280 e. The summed E-state index contributed by atoms with van der Waals surface area (Å²) in [6.07, 6.45) is 4.68. The Morgan fingerprint density at radius 1 is 1.47 bits per heavy atom. The molecule has 0 spiro atoms. The number of aromatic nitrogens is 1. The van der Waals surface area contributed by atoms with Crippen LogP contribution >= 0.6 is 0 Å². The second kappa shape index (κ2) is 5.91. The number of hydrogen-bond donors (Lipinski definition) is 0. The maximum atomic E-state index is 11.8. The summed E-state index contributed by atoms with van der Waals surface area (Å²) in [6.45, 7) is 1.34. The van der Waals surface area contributed by atoms with Crippen molar-refractivity contribution in [1.82, 2.24) is 10.0 Å². The highest BCUT2D eigenvalue weighted by molar-refractivity contribution is 6.21. The number of hydroxylamine groups is 2. The molecule has 0 bridgehead atoms. The average molecular weight is 234 g/mol. The number of likely N-dealkylation sites (N-methyl/N-ethyl adjacent to an activating group) is 1. The number of ketones is 1. The van der Waals surface area contributed by atoms with Crippen LogP contribution in [0.25, 0.3) is 6.08 Å². The molecule has 0 aliphatic heterocycles. The molecule has 17 heavy (non-hydrogen) atoms. The van der Waals surface area contributed by atoms with E-state index in [4.69, 9.17) is 4.84 Å². The maximum absolute atomic E-state index is 11.8. The average Bonchev–Trinajstić information content (AvgIpc) is 2.35. The fourth-order valence-corrected chi connectivity index (χ4v) is 1.19. The van der Waals surface area contributed by atoms with Gasteiger partial charge in [-0.25, -0.2) is 5.06 Å². The zero-order chi connectivity index (χ0) is 12.8. The Bertz CT molecular complexity index is 440. The predicted octanol–water partition coefficient (Wildman–Crippen LogP) is 1.07. The first kappa shape index (κ1) is 13.1. The van der Waals surface area contributed by atoms with Gasteiger partial charge in [-0.2, -0.15) is 0 Å². The lowest BCUT2D eigenvalue weighted by Gasteiger charge is -2.14. The van der Waals surface area contributed by atoms with Gasteiger partial charge in [-0.15, -0.1) is 0 Å². The molecule has 0 unspecified atom stereocenters. The van der Waals surface area contributed by atoms with Crippen molar-refractivity contribution in [3.05, 3.63) is 35.7 Å². The van der Waals surface area contributed by atoms with Crippen molar-refractivity contribution in [1.29, 1.82) is 0 Å². The van der Waals surface area contributed by atoms with E-state index in [0.29, 0.717) is 5.56 Å². The van der Waals surface area contributed by atoms with Crippen molar-refractivity contribution in [2.45, 2.75) is 6.92 Å². The first-order valence-electron chi connectivity index (χ1n) is 5.01. The van der Waals surface area contributed by atoms with Crippen molar-refractivity contribution in [3.63, 3.8) is 0 Å². The van der Waals surface area contributed by atoms with Crippen LogP contribution in [0.1, 0.15) is 12.5 Å². The quantitative estimate of drug-likeness (QED) is 0.338. The van der Waals surface area contributed by atoms with Crippen LogP contribution in [0, 0.1) is 0 Å². The lowest BCUT2D eigenvalue weighted by atomic mass is 10.1. The zero-order valence-electron chi connectivity index (χ0n) is 10.0. The van der Waals surface area contributed by atoms with E-state index in [9.17, 15) is 9.59 Å². The van der Waals surface area contributed by atoms with Gasteiger partial charge < -0.3 is 0 Å². The highest BCUT2D eigenvalue weighted by Crippen LogP contribution is 2.09. The van der Waals surface area contributed by atoms with Gasteiger partial charge in [-0.3, -0.25) is 19.4 Å². The molecule has 1 aromatic heterocycles. The van der Waals surface area contributed by atoms with E-state index in [2.05, 4.69) is 4.98 Å². The van der Waals surface area contributed by atoms with Gasteiger partial charge in [0, 0.05) is 19.4 Å². The van der Waals surface area contributed by atoms with Gasteiger partial charge in [-0.1, -0.05) is 6.07 Å². The minimum Gasteiger partial charge on any atom is -0.294 e. The Morgan fingerprint density at radius 2 is 2.18 bits per heavy atom. The molecular formula is C12H14N2O3. The Morgan fingerprint density at radius 3 is 2.65 bits per heavy atom. The van der Waals surface area contributed by atoms with Crippen LogP contribution in [-0.4, -0.2) is 35.9 Å². The summed E-state index contributed by atoms with van der Waals surface area (Å²) >= 11 is 0. The Kier molecular flexibility index (Phi) is 4.54. The molecule has 0 aliphatic rings. The fourth-order valence-electron chi connectivity index (χ4n) is 1.19. The van der Waals surface area contributed by atoms with Gasteiger partial charge in [-0.05, 0) is 24.6 Å². The van der Waals surface area contributed by atoms with Gasteiger partial charge in [0.2, 0.25) is 0 Å². The Labute approximate surface area is 99.7 Å². The fraction of sp³-hybridized carbons (Fsp3) is 0.250. The molecule has 0 aliphatic carbocycles. The number of hydrogen-bond acceptors (Lipinski definition) is 4. The summed E-state index contributed by atoms with van der Waals surface area (Å²) < 4.78 is 0. The summed E-state index contributed by atoms with van der Waals surface area (Å²) in [7, 11) is 2.81. The summed E-state index contributed by atoms with van der Waals surface area (Å²) in [4.78, 5) is 31.9. The van der Waals surface area contributed by atoms with Gasteiger partial charge in [0.25, 0.3) is 5.91 Å². The van der Waals surface area contributed by atoms with E-state index in [1.807, 2.05) is 0 Å². The number of pyridine rings is 1. The lowest BCUT2D eigenvalue weighted by molar-refractivity contribution is -0.164. The van der Waals surface area contributed by atoms with E-state index < -0.39 is 5.91 Å². The van der Waals surface area contributed by atoms with E-state index in [1.165, 1.54) is 27.2 Å². The van der Waals surface area contributed by atoms with Crippen LogP contribution in [-0.2, 0) is 14.4 Å². The van der Waals surface area contributed by atoms with Gasteiger partial charge >= 0.3 is 0 Å². The predicted molar refractivity (Wildman–Crippen MR) is 62.7 cm³/mol. The second-order valence-electron chi connectivity index (χ2n) is 3.39. The number of carbonyl (C=O) groups excluding carboxylic acids is 2. The highest BCUT2D eigenvalue weighted by atomic mass is 16.7. The van der Waals surface area contributed by atoms with Gasteiger partial charge in [0.1, 0.15) is 0 Å². The minimum atomic E-state index is -0.483. The molecule has 0 radical (unpaired) electrons. The van der Waals surface area contributed by atoms with Crippen LogP contribution < -0.4 is 0 Å². The molecule has 0 N–H and O–H groups in total. The van der Waals surface area contributed by atoms with E-state index >= 15 is 0 Å². The molecular weight excluding hydrogens is 220 g/mol. The Balaban J connectivity index is 3.06. The summed E-state index contributed by atoms with van der Waals surface area (Å²) in [5.41, 5.74) is 0.748. The molecule has 0 fully saturated rings. The topological polar surface area (TPSA) is 59.5 Å². The molecule has 5 heteroatoms. The Hall–Kier alpha value is -2.01. The number of Topliss-reactive ketones (excluding diaryl/α,β-unsaturated/α-hetero) is 1. The molecule has 90 valence electrons. The monoisotopic (exact) mass is 234 g/mol. The van der Waals surface area contributed by atoms with Crippen LogP contribution in [0.4, 0.5) is 0 Å². The van der Waals surface area contributed by atoms with Crippen molar-refractivity contribution in [2.75, 3.05) is 14.2 Å². The van der Waals surface area contributed by atoms with Gasteiger partial charge in [0.15, 0.2) is 5.78 Å². The highest BCUT2D eigenvalue weighted by Gasteiger charge is 2.18. The maximum Gasteiger partial charge on any atom is 0.280 e. The summed E-state index contributed by atoms with van der Waals surface area (Å²) in [5, 5.41) is 1.00. The van der Waals surface area contributed by atoms with Crippen LogP contribution in [0.2, 0.25) is 0 Å². The van der Waals surface area contributed by atoms with Crippen molar-refractivity contribution < 1.29 is 14.4 Å². The molecule has 1 heterocycles. The van der Waals surface area contributed by atoms with Crippen LogP contribution in [0.15, 0.2) is 30.1 Å². The molecule has 0 saturated heterocycles. The molecule has 0 atom stereocenters. The third-order valence-electron chi connectivity index (χ3n) is 2.16. The van der Waals surface area contributed by atoms with Crippen LogP contribution in [0.5, 0.6) is 0 Å². The standard InChI is InChI=1S/C12H14N2O3/c1-9(15)11(12(16)14(2)17-3)7-10-5-4-6-13-8-10/h4-8H,1-3H3/b11-7-. The zero-order valence-corrected chi connectivity index (χ0v) is 10.0. The largest absolute Gasteiger partial charge is 0.294 e. The van der Waals surface area contributed by atoms with Crippen LogP contribution in [0.3, 0.4) is 0 Å². The summed E-state index contributed by atoms with van der Waals surface area (Å²) in [6, 6.07) is 3.49. The molecule has 5 nitrogen and oxygen atoms in total. The van der Waals surface area contributed by atoms with Crippen molar-refractivity contribution >= 4 is 17.8 Å². The molecule has 1 rings (SSSR count).